The zero-order valence-corrected chi connectivity index (χ0v) is 25.0. The van der Waals surface area contributed by atoms with E-state index in [1.807, 2.05) is 67.6 Å². The first kappa shape index (κ1) is 33.4. The van der Waals surface area contributed by atoms with Crippen molar-refractivity contribution in [3.05, 3.63) is 60.7 Å². The van der Waals surface area contributed by atoms with Crippen LogP contribution in [0.1, 0.15) is 26.7 Å². The van der Waals surface area contributed by atoms with Gasteiger partial charge in [-0.2, -0.15) is 0 Å². The number of para-hydroxylation sites is 2. The quantitative estimate of drug-likeness (QED) is 0.428. The van der Waals surface area contributed by atoms with E-state index < -0.39 is 0 Å². The molecule has 0 spiro atoms. The molecule has 2 aromatic carbocycles. The van der Waals surface area contributed by atoms with Gasteiger partial charge in [0.2, 0.25) is 11.1 Å². The molecule has 0 unspecified atom stereocenters. The third kappa shape index (κ3) is 11.3. The second-order valence-corrected chi connectivity index (χ2v) is 10.1. The summed E-state index contributed by atoms with van der Waals surface area (Å²) < 4.78 is 9.30. The lowest BCUT2D eigenvalue weighted by atomic mass is 9.99. The third-order valence-corrected chi connectivity index (χ3v) is 6.81. The van der Waals surface area contributed by atoms with Crippen molar-refractivity contribution in [3.63, 3.8) is 0 Å². The summed E-state index contributed by atoms with van der Waals surface area (Å²) in [6.45, 7) is 7.98. The molecular weight excluding hydrogens is 548 g/mol. The van der Waals surface area contributed by atoms with Gasteiger partial charge < -0.3 is 29.5 Å². The minimum absolute atomic E-state index is 0.104. The molecular formula is C30H41ClN4O6. The largest absolute Gasteiger partial charge is 0.453 e. The van der Waals surface area contributed by atoms with Gasteiger partial charge in [-0.15, -0.1) is 0 Å². The number of methoxy groups -OCH3 is 2. The Morgan fingerprint density at radius 3 is 1.71 bits per heavy atom. The Balaban J connectivity index is 0.000000251. The van der Waals surface area contributed by atoms with Crippen LogP contribution < -0.4 is 10.2 Å². The fourth-order valence-corrected chi connectivity index (χ4v) is 4.17. The van der Waals surface area contributed by atoms with Crippen LogP contribution in [0, 0.1) is 11.8 Å². The minimum Gasteiger partial charge on any atom is -0.453 e. The van der Waals surface area contributed by atoms with Gasteiger partial charge in [0.15, 0.2) is 0 Å². The monoisotopic (exact) mass is 588 g/mol. The molecule has 2 fully saturated rings. The van der Waals surface area contributed by atoms with Crippen molar-refractivity contribution >= 4 is 46.3 Å². The highest BCUT2D eigenvalue weighted by atomic mass is 35.5. The molecule has 2 heterocycles. The topological polar surface area (TPSA) is 108 Å². The molecule has 2 aliphatic rings. The summed E-state index contributed by atoms with van der Waals surface area (Å²) in [6, 6.07) is 19.7. The van der Waals surface area contributed by atoms with E-state index in [9.17, 15) is 19.2 Å². The second kappa shape index (κ2) is 17.8. The number of carbonyl (C=O) groups excluding carboxylic acids is 4. The molecule has 1 N–H and O–H groups in total. The fraction of sp³-hybridized carbons (Fsp3) is 0.467. The zero-order valence-electron chi connectivity index (χ0n) is 24.3. The zero-order chi connectivity index (χ0) is 30.2. The maximum absolute atomic E-state index is 12.1. The fourth-order valence-electron chi connectivity index (χ4n) is 4.17. The van der Waals surface area contributed by atoms with Gasteiger partial charge in [-0.05, 0) is 35.9 Å². The summed E-state index contributed by atoms with van der Waals surface area (Å²) in [5.74, 6) is 0.942. The minimum atomic E-state index is -0.297. The molecule has 0 saturated carbocycles. The maximum Gasteiger partial charge on any atom is 0.409 e. The van der Waals surface area contributed by atoms with Gasteiger partial charge in [0.25, 0.3) is 0 Å². The molecule has 41 heavy (non-hydrogen) atoms. The predicted molar refractivity (Wildman–Crippen MR) is 160 cm³/mol. The SMILES string of the molecule is CCC(=O)Cl.CCC(=O)N(CC1CN(C(=O)OC)C1)c1ccccc1.COC(=O)N1CC(CNc2ccccc2)C1. The summed E-state index contributed by atoms with van der Waals surface area (Å²) in [6.07, 6.45) is 0.384. The van der Waals surface area contributed by atoms with E-state index in [-0.39, 0.29) is 23.3 Å². The predicted octanol–water partition coefficient (Wildman–Crippen LogP) is 5.09. The van der Waals surface area contributed by atoms with Crippen LogP contribution in [0.3, 0.4) is 0 Å². The molecule has 2 aliphatic heterocycles. The molecule has 4 rings (SSSR count). The highest BCUT2D eigenvalue weighted by molar-refractivity contribution is 6.63. The average Bonchev–Trinajstić information content (AvgIpc) is 2.96. The highest BCUT2D eigenvalue weighted by Gasteiger charge is 2.33. The van der Waals surface area contributed by atoms with E-state index in [0.717, 1.165) is 31.0 Å². The van der Waals surface area contributed by atoms with Crippen molar-refractivity contribution in [2.24, 2.45) is 11.8 Å². The Labute approximate surface area is 247 Å². The van der Waals surface area contributed by atoms with E-state index >= 15 is 0 Å². The van der Waals surface area contributed by atoms with Crippen molar-refractivity contribution in [1.29, 1.82) is 0 Å². The van der Waals surface area contributed by atoms with Crippen LogP contribution in [-0.2, 0) is 19.1 Å². The lowest BCUT2D eigenvalue weighted by Gasteiger charge is -2.40. The Morgan fingerprint density at radius 1 is 0.805 bits per heavy atom. The number of hydrogen-bond acceptors (Lipinski definition) is 7. The van der Waals surface area contributed by atoms with Gasteiger partial charge in [-0.25, -0.2) is 9.59 Å². The molecule has 0 aliphatic carbocycles. The smallest absolute Gasteiger partial charge is 0.409 e. The molecule has 0 aromatic heterocycles. The van der Waals surface area contributed by atoms with Crippen molar-refractivity contribution < 1.29 is 28.7 Å². The van der Waals surface area contributed by atoms with E-state index in [4.69, 9.17) is 11.6 Å². The van der Waals surface area contributed by atoms with E-state index in [1.165, 1.54) is 14.2 Å². The molecule has 3 amide bonds. The van der Waals surface area contributed by atoms with Gasteiger partial charge in [-0.1, -0.05) is 50.2 Å². The molecule has 0 bridgehead atoms. The molecule has 11 heteroatoms. The van der Waals surface area contributed by atoms with Gasteiger partial charge in [-0.3, -0.25) is 9.59 Å². The molecule has 2 saturated heterocycles. The van der Waals surface area contributed by atoms with Crippen LogP contribution in [0.25, 0.3) is 0 Å². The summed E-state index contributed by atoms with van der Waals surface area (Å²) in [5.41, 5.74) is 2.04. The number of rotatable bonds is 8. The average molecular weight is 589 g/mol. The molecule has 2 aromatic rings. The Hall–Kier alpha value is -3.79. The molecule has 0 radical (unpaired) electrons. The number of hydrogen-bond donors (Lipinski definition) is 1. The van der Waals surface area contributed by atoms with E-state index in [1.54, 1.807) is 21.6 Å². The van der Waals surface area contributed by atoms with Crippen molar-refractivity contribution in [1.82, 2.24) is 9.80 Å². The normalized spacial score (nSPS) is 14.1. The first-order chi connectivity index (χ1) is 19.7. The number of nitrogens with one attached hydrogen (secondary N) is 1. The number of amides is 3. The molecule has 224 valence electrons. The Morgan fingerprint density at radius 2 is 1.27 bits per heavy atom. The highest BCUT2D eigenvalue weighted by Crippen LogP contribution is 2.22. The van der Waals surface area contributed by atoms with E-state index in [0.29, 0.717) is 44.3 Å². The van der Waals surface area contributed by atoms with Crippen molar-refractivity contribution in [2.75, 3.05) is 63.7 Å². The number of ether oxygens (including phenoxy) is 2. The molecule has 10 nitrogen and oxygen atoms in total. The van der Waals surface area contributed by atoms with Crippen LogP contribution in [0.5, 0.6) is 0 Å². The lowest BCUT2D eigenvalue weighted by Crippen LogP contribution is -2.54. The summed E-state index contributed by atoms with van der Waals surface area (Å²) >= 11 is 4.82. The number of halogens is 1. The van der Waals surface area contributed by atoms with Gasteiger partial charge in [0.1, 0.15) is 0 Å². The first-order valence-electron chi connectivity index (χ1n) is 13.7. The van der Waals surface area contributed by atoms with Gasteiger partial charge in [0.05, 0.1) is 14.2 Å². The number of benzene rings is 2. The van der Waals surface area contributed by atoms with Gasteiger partial charge in [0, 0.05) is 75.3 Å². The number of anilines is 2. The van der Waals surface area contributed by atoms with E-state index in [2.05, 4.69) is 14.8 Å². The summed E-state index contributed by atoms with van der Waals surface area (Å²) in [4.78, 5) is 49.2. The number of nitrogens with zero attached hydrogens (tertiary/aromatic N) is 3. The van der Waals surface area contributed by atoms with Gasteiger partial charge >= 0.3 is 12.2 Å². The van der Waals surface area contributed by atoms with Crippen LogP contribution in [-0.4, -0.2) is 86.6 Å². The number of carbonyl (C=O) groups is 4. The van der Waals surface area contributed by atoms with Crippen LogP contribution in [0.4, 0.5) is 21.0 Å². The maximum atomic E-state index is 12.1. The van der Waals surface area contributed by atoms with Crippen LogP contribution >= 0.6 is 11.6 Å². The van der Waals surface area contributed by atoms with Crippen molar-refractivity contribution in [3.8, 4) is 0 Å². The van der Waals surface area contributed by atoms with Crippen molar-refractivity contribution in [2.45, 2.75) is 26.7 Å². The van der Waals surface area contributed by atoms with Crippen LogP contribution in [0.2, 0.25) is 0 Å². The standard InChI is InChI=1S/C15H20N2O3.C12H16N2O2.C3H5ClO/c1-3-14(18)17(13-7-5-4-6-8-13)11-12-9-16(10-12)15(19)20-2;1-16-12(15)14-8-10(9-14)7-13-11-5-3-2-4-6-11;1-2-3(4)5/h4-8,12H,3,9-11H2,1-2H3;2-6,10,13H,7-9H2,1H3;2H2,1H3. The summed E-state index contributed by atoms with van der Waals surface area (Å²) in [5, 5.41) is 3.07. The number of likely N-dealkylation sites (tertiary alicyclic amines) is 2. The molecule has 0 atom stereocenters. The lowest BCUT2D eigenvalue weighted by molar-refractivity contribution is -0.118. The summed E-state index contributed by atoms with van der Waals surface area (Å²) in [7, 11) is 2.80. The third-order valence-electron chi connectivity index (χ3n) is 6.54. The Bertz CT molecular complexity index is 1090. The first-order valence-corrected chi connectivity index (χ1v) is 14.1. The second-order valence-electron chi connectivity index (χ2n) is 9.63. The van der Waals surface area contributed by atoms with Crippen LogP contribution in [0.15, 0.2) is 60.7 Å². The Kier molecular flexibility index (Phi) is 14.5.